The minimum Gasteiger partial charge on any atom is -0.494 e. The van der Waals surface area contributed by atoms with Gasteiger partial charge in [0.2, 0.25) is 0 Å². The van der Waals surface area contributed by atoms with Crippen molar-refractivity contribution in [2.75, 3.05) is 6.61 Å². The lowest BCUT2D eigenvalue weighted by molar-refractivity contribution is -0.134. The minimum absolute atomic E-state index is 0.244. The number of aryl methyl sites for hydroxylation is 1. The summed E-state index contributed by atoms with van der Waals surface area (Å²) in [6.07, 6.45) is 3.02. The Morgan fingerprint density at radius 3 is 2.29 bits per heavy atom. The monoisotopic (exact) mass is 323 g/mol. The fourth-order valence-corrected chi connectivity index (χ4v) is 2.30. The summed E-state index contributed by atoms with van der Waals surface area (Å²) in [4.78, 5) is 11.8. The highest BCUT2D eigenvalue weighted by Crippen LogP contribution is 2.15. The van der Waals surface area contributed by atoms with Crippen molar-refractivity contribution in [1.82, 2.24) is 0 Å². The molecular weight excluding hydrogens is 302 g/mol. The minimum atomic E-state index is -0.244. The molecule has 0 aliphatic heterocycles. The summed E-state index contributed by atoms with van der Waals surface area (Å²) in [5.41, 5.74) is 1.78. The van der Waals surface area contributed by atoms with E-state index < -0.39 is 0 Å². The molecule has 0 saturated carbocycles. The molecule has 124 valence electrons. The van der Waals surface area contributed by atoms with Crippen LogP contribution in [0.3, 0.4) is 0 Å². The molecule has 0 aliphatic rings. The lowest BCUT2D eigenvalue weighted by Crippen LogP contribution is -2.07. The third-order valence-electron chi connectivity index (χ3n) is 3.55. The zero-order chi connectivity index (χ0) is 17.2. The van der Waals surface area contributed by atoms with Gasteiger partial charge in [-0.3, -0.25) is 4.79 Å². The van der Waals surface area contributed by atoms with Gasteiger partial charge in [-0.05, 0) is 68.1 Å². The summed E-state index contributed by atoms with van der Waals surface area (Å²) >= 11 is 0. The van der Waals surface area contributed by atoms with Crippen molar-refractivity contribution in [1.29, 1.82) is 5.26 Å². The average molecular weight is 323 g/mol. The number of nitriles is 1. The Labute approximate surface area is 142 Å². The van der Waals surface area contributed by atoms with Gasteiger partial charge in [-0.1, -0.05) is 12.1 Å². The van der Waals surface area contributed by atoms with Crippen LogP contribution in [0.1, 0.15) is 37.3 Å². The molecule has 2 aromatic rings. The fraction of sp³-hybridized carbons (Fsp3) is 0.300. The van der Waals surface area contributed by atoms with Gasteiger partial charge in [0.05, 0.1) is 18.2 Å². The smallest absolute Gasteiger partial charge is 0.311 e. The molecule has 0 radical (unpaired) electrons. The Morgan fingerprint density at radius 2 is 1.67 bits per heavy atom. The number of hydrogen-bond acceptors (Lipinski definition) is 4. The van der Waals surface area contributed by atoms with Crippen molar-refractivity contribution < 1.29 is 14.3 Å². The standard InChI is InChI=1S/C20H21NO3/c1-2-23-18-11-7-16(8-12-18)5-3-4-6-20(22)24-19-13-9-17(15-21)10-14-19/h7-14H,2-6H2,1H3. The van der Waals surface area contributed by atoms with Crippen LogP contribution in [0.15, 0.2) is 48.5 Å². The number of ether oxygens (including phenoxy) is 2. The summed E-state index contributed by atoms with van der Waals surface area (Å²) in [7, 11) is 0. The summed E-state index contributed by atoms with van der Waals surface area (Å²) in [6.45, 7) is 2.63. The van der Waals surface area contributed by atoms with Crippen LogP contribution in [0.25, 0.3) is 0 Å². The van der Waals surface area contributed by atoms with Gasteiger partial charge in [-0.15, -0.1) is 0 Å². The van der Waals surface area contributed by atoms with Gasteiger partial charge in [0.15, 0.2) is 0 Å². The van der Waals surface area contributed by atoms with E-state index in [0.29, 0.717) is 24.3 Å². The summed E-state index contributed by atoms with van der Waals surface area (Å²) in [5, 5.41) is 8.72. The molecule has 0 fully saturated rings. The van der Waals surface area contributed by atoms with Gasteiger partial charge in [0, 0.05) is 6.42 Å². The summed E-state index contributed by atoms with van der Waals surface area (Å²) < 4.78 is 10.7. The third kappa shape index (κ3) is 5.77. The molecule has 0 aromatic heterocycles. The molecule has 0 unspecified atom stereocenters. The zero-order valence-electron chi connectivity index (χ0n) is 13.8. The largest absolute Gasteiger partial charge is 0.494 e. The Bertz CT molecular complexity index is 684. The van der Waals surface area contributed by atoms with Crippen molar-refractivity contribution >= 4 is 5.97 Å². The first-order chi connectivity index (χ1) is 11.7. The summed E-state index contributed by atoms with van der Waals surface area (Å²) in [6, 6.07) is 16.6. The molecule has 4 heteroatoms. The Kier molecular flexibility index (Phi) is 6.85. The predicted molar refractivity (Wildman–Crippen MR) is 92.0 cm³/mol. The highest BCUT2D eigenvalue weighted by molar-refractivity contribution is 5.72. The molecule has 0 atom stereocenters. The maximum absolute atomic E-state index is 11.8. The van der Waals surface area contributed by atoms with Crippen molar-refractivity contribution in [3.63, 3.8) is 0 Å². The maximum Gasteiger partial charge on any atom is 0.311 e. The van der Waals surface area contributed by atoms with Crippen molar-refractivity contribution in [3.8, 4) is 17.6 Å². The average Bonchev–Trinajstić information content (AvgIpc) is 2.61. The first-order valence-electron chi connectivity index (χ1n) is 8.14. The molecular formula is C20H21NO3. The van der Waals surface area contributed by atoms with E-state index in [-0.39, 0.29) is 5.97 Å². The van der Waals surface area contributed by atoms with Crippen LogP contribution in [0.2, 0.25) is 0 Å². The molecule has 0 bridgehead atoms. The number of esters is 1. The second-order valence-electron chi connectivity index (χ2n) is 5.39. The molecule has 2 aromatic carbocycles. The normalized spacial score (nSPS) is 10.0. The van der Waals surface area contributed by atoms with Crippen LogP contribution in [0, 0.1) is 11.3 Å². The van der Waals surface area contributed by atoms with E-state index >= 15 is 0 Å². The third-order valence-corrected chi connectivity index (χ3v) is 3.55. The number of hydrogen-bond donors (Lipinski definition) is 0. The van der Waals surface area contributed by atoms with E-state index in [9.17, 15) is 4.79 Å². The lowest BCUT2D eigenvalue weighted by atomic mass is 10.1. The van der Waals surface area contributed by atoms with Gasteiger partial charge in [-0.25, -0.2) is 0 Å². The number of rotatable bonds is 8. The molecule has 0 spiro atoms. The van der Waals surface area contributed by atoms with Crippen molar-refractivity contribution in [2.45, 2.75) is 32.6 Å². The molecule has 0 amide bonds. The van der Waals surface area contributed by atoms with Gasteiger partial charge >= 0.3 is 5.97 Å². The number of unbranched alkanes of at least 4 members (excludes halogenated alkanes) is 1. The van der Waals surface area contributed by atoms with E-state index in [1.807, 2.05) is 25.1 Å². The van der Waals surface area contributed by atoms with E-state index in [4.69, 9.17) is 14.7 Å². The molecule has 2 rings (SSSR count). The van der Waals surface area contributed by atoms with E-state index in [1.165, 1.54) is 5.56 Å². The molecule has 0 aliphatic carbocycles. The number of carbonyl (C=O) groups excluding carboxylic acids is 1. The number of carbonyl (C=O) groups is 1. The van der Waals surface area contributed by atoms with E-state index in [0.717, 1.165) is 25.0 Å². The molecule has 0 N–H and O–H groups in total. The zero-order valence-corrected chi connectivity index (χ0v) is 13.8. The molecule has 0 saturated heterocycles. The first kappa shape index (κ1) is 17.6. The predicted octanol–water partition coefficient (Wildman–Crippen LogP) is 4.28. The second-order valence-corrected chi connectivity index (χ2v) is 5.39. The van der Waals surface area contributed by atoms with Gasteiger partial charge in [-0.2, -0.15) is 5.26 Å². The van der Waals surface area contributed by atoms with Gasteiger partial charge < -0.3 is 9.47 Å². The first-order valence-corrected chi connectivity index (χ1v) is 8.14. The van der Waals surface area contributed by atoms with Crippen LogP contribution in [0.5, 0.6) is 11.5 Å². The lowest BCUT2D eigenvalue weighted by Gasteiger charge is -2.06. The Hall–Kier alpha value is -2.80. The highest BCUT2D eigenvalue weighted by Gasteiger charge is 2.05. The quantitative estimate of drug-likeness (QED) is 0.413. The van der Waals surface area contributed by atoms with E-state index in [2.05, 4.69) is 12.1 Å². The number of benzene rings is 2. The van der Waals surface area contributed by atoms with Gasteiger partial charge in [0.25, 0.3) is 0 Å². The van der Waals surface area contributed by atoms with Gasteiger partial charge in [0.1, 0.15) is 11.5 Å². The maximum atomic E-state index is 11.8. The molecule has 0 heterocycles. The SMILES string of the molecule is CCOc1ccc(CCCCC(=O)Oc2ccc(C#N)cc2)cc1. The fourth-order valence-electron chi connectivity index (χ4n) is 2.30. The van der Waals surface area contributed by atoms with Crippen LogP contribution < -0.4 is 9.47 Å². The highest BCUT2D eigenvalue weighted by atomic mass is 16.5. The molecule has 24 heavy (non-hydrogen) atoms. The Balaban J connectivity index is 1.67. The summed E-state index contributed by atoms with van der Waals surface area (Å²) in [5.74, 6) is 1.11. The van der Waals surface area contributed by atoms with Crippen LogP contribution in [-0.4, -0.2) is 12.6 Å². The number of nitrogens with zero attached hydrogens (tertiary/aromatic N) is 1. The van der Waals surface area contributed by atoms with Crippen LogP contribution >= 0.6 is 0 Å². The topological polar surface area (TPSA) is 59.3 Å². The Morgan fingerprint density at radius 1 is 1.00 bits per heavy atom. The van der Waals surface area contributed by atoms with Crippen LogP contribution in [0.4, 0.5) is 0 Å². The van der Waals surface area contributed by atoms with Crippen molar-refractivity contribution in [3.05, 3.63) is 59.7 Å². The van der Waals surface area contributed by atoms with Crippen LogP contribution in [-0.2, 0) is 11.2 Å². The van der Waals surface area contributed by atoms with Crippen molar-refractivity contribution in [2.24, 2.45) is 0 Å². The second kappa shape index (κ2) is 9.36. The van der Waals surface area contributed by atoms with E-state index in [1.54, 1.807) is 24.3 Å². The molecule has 4 nitrogen and oxygen atoms in total.